The van der Waals surface area contributed by atoms with Gasteiger partial charge >= 0.3 is 0 Å². The van der Waals surface area contributed by atoms with Gasteiger partial charge in [-0.15, -0.1) is 0 Å². The van der Waals surface area contributed by atoms with Crippen molar-refractivity contribution in [1.29, 1.82) is 0 Å². The van der Waals surface area contributed by atoms with Crippen LogP contribution in [0.2, 0.25) is 0 Å². The topological polar surface area (TPSA) is 42.7 Å². The smallest absolute Gasteiger partial charge is 0.176 e. The van der Waals surface area contributed by atoms with Crippen LogP contribution in [-0.2, 0) is 0 Å². The average molecular weight is 260 g/mol. The number of hydrogen-bond donors (Lipinski definition) is 1. The van der Waals surface area contributed by atoms with Crippen LogP contribution in [0, 0.1) is 0 Å². The molecule has 0 radical (unpaired) electrons. The highest BCUT2D eigenvalue weighted by Crippen LogP contribution is 2.23. The van der Waals surface area contributed by atoms with Crippen LogP contribution in [0.4, 0.5) is 5.69 Å². The molecule has 3 heterocycles. The number of aromatic nitrogens is 3. The third-order valence-electron chi connectivity index (χ3n) is 3.03. The molecule has 1 unspecified atom stereocenters. The van der Waals surface area contributed by atoms with Gasteiger partial charge in [0.1, 0.15) is 0 Å². The predicted octanol–water partition coefficient (Wildman–Crippen LogP) is 2.57. The van der Waals surface area contributed by atoms with Gasteiger partial charge in [-0.1, -0.05) is 0 Å². The monoisotopic (exact) mass is 260 g/mol. The molecule has 0 saturated carbocycles. The number of thioether (sulfide) groups is 1. The van der Waals surface area contributed by atoms with Crippen LogP contribution >= 0.6 is 11.8 Å². The average Bonchev–Trinajstić information content (AvgIpc) is 2.94. The van der Waals surface area contributed by atoms with Crippen molar-refractivity contribution in [3.63, 3.8) is 0 Å². The molecular formula is C13H16N4S. The summed E-state index contributed by atoms with van der Waals surface area (Å²) in [6.45, 7) is 0. The van der Waals surface area contributed by atoms with Crippen molar-refractivity contribution < 1.29 is 0 Å². The van der Waals surface area contributed by atoms with E-state index < -0.39 is 0 Å². The lowest BCUT2D eigenvalue weighted by atomic mass is 10.2. The molecule has 1 aliphatic rings. The van der Waals surface area contributed by atoms with Crippen LogP contribution in [-0.4, -0.2) is 32.3 Å². The highest BCUT2D eigenvalue weighted by Gasteiger charge is 2.15. The first-order valence-electron chi connectivity index (χ1n) is 6.23. The van der Waals surface area contributed by atoms with Gasteiger partial charge in [-0.2, -0.15) is 16.9 Å². The van der Waals surface area contributed by atoms with Crippen LogP contribution in [0.3, 0.4) is 0 Å². The second-order valence-corrected chi connectivity index (χ2v) is 5.53. The number of anilines is 1. The van der Waals surface area contributed by atoms with E-state index in [2.05, 4.69) is 21.5 Å². The minimum Gasteiger partial charge on any atom is -0.378 e. The number of nitrogens with zero attached hydrogens (tertiary/aromatic N) is 3. The van der Waals surface area contributed by atoms with Gasteiger partial charge < -0.3 is 5.32 Å². The van der Waals surface area contributed by atoms with Crippen molar-refractivity contribution in [1.82, 2.24) is 14.8 Å². The van der Waals surface area contributed by atoms with E-state index in [1.54, 1.807) is 17.1 Å². The molecule has 1 aliphatic heterocycles. The quantitative estimate of drug-likeness (QED) is 0.921. The summed E-state index contributed by atoms with van der Waals surface area (Å²) in [6, 6.07) is 6.49. The van der Waals surface area contributed by atoms with E-state index in [0.717, 1.165) is 11.5 Å². The van der Waals surface area contributed by atoms with Gasteiger partial charge in [-0.05, 0) is 36.8 Å². The second-order valence-electron chi connectivity index (χ2n) is 4.38. The minimum absolute atomic E-state index is 0.544. The van der Waals surface area contributed by atoms with Crippen molar-refractivity contribution in [2.45, 2.75) is 18.9 Å². The van der Waals surface area contributed by atoms with Crippen molar-refractivity contribution >= 4 is 17.4 Å². The van der Waals surface area contributed by atoms with Gasteiger partial charge in [0.25, 0.3) is 0 Å². The third kappa shape index (κ3) is 2.51. The lowest BCUT2D eigenvalue weighted by Gasteiger charge is -2.24. The first-order valence-corrected chi connectivity index (χ1v) is 7.38. The van der Waals surface area contributed by atoms with Gasteiger partial charge in [0.15, 0.2) is 5.82 Å². The first-order chi connectivity index (χ1) is 8.93. The molecular weight excluding hydrogens is 244 g/mol. The van der Waals surface area contributed by atoms with Crippen LogP contribution in [0.25, 0.3) is 5.82 Å². The van der Waals surface area contributed by atoms with Gasteiger partial charge in [0, 0.05) is 30.4 Å². The van der Waals surface area contributed by atoms with Crippen LogP contribution in [0.1, 0.15) is 12.8 Å². The highest BCUT2D eigenvalue weighted by atomic mass is 32.2. The Hall–Kier alpha value is -1.49. The second kappa shape index (κ2) is 5.44. The zero-order valence-electron chi connectivity index (χ0n) is 10.1. The third-order valence-corrected chi connectivity index (χ3v) is 4.24. The Kier molecular flexibility index (Phi) is 3.50. The van der Waals surface area contributed by atoms with Gasteiger partial charge in [-0.25, -0.2) is 9.67 Å². The minimum atomic E-state index is 0.544. The number of rotatable bonds is 3. The Labute approximate surface area is 111 Å². The molecule has 2 aromatic heterocycles. The Morgan fingerprint density at radius 1 is 1.33 bits per heavy atom. The SMILES string of the molecule is c1cnc(-n2cccn2)c(NC2CCCSC2)c1. The Morgan fingerprint density at radius 2 is 2.33 bits per heavy atom. The summed E-state index contributed by atoms with van der Waals surface area (Å²) >= 11 is 2.02. The van der Waals surface area contributed by atoms with Gasteiger partial charge in [0.2, 0.25) is 0 Å². The van der Waals surface area contributed by atoms with Crippen molar-refractivity contribution in [3.8, 4) is 5.82 Å². The van der Waals surface area contributed by atoms with Crippen molar-refractivity contribution in [2.24, 2.45) is 0 Å². The summed E-state index contributed by atoms with van der Waals surface area (Å²) in [5.74, 6) is 3.34. The molecule has 2 aromatic rings. The molecule has 5 heteroatoms. The van der Waals surface area contributed by atoms with E-state index >= 15 is 0 Å². The number of pyridine rings is 1. The standard InChI is InChI=1S/C13H16N4S/c1-5-12(16-11-4-2-9-18-10-11)13(14-6-1)17-8-3-7-15-17/h1,3,5-8,11,16H,2,4,9-10H2. The maximum Gasteiger partial charge on any atom is 0.176 e. The fraction of sp³-hybridized carbons (Fsp3) is 0.385. The largest absolute Gasteiger partial charge is 0.378 e. The molecule has 1 fully saturated rings. The van der Waals surface area contributed by atoms with E-state index in [-0.39, 0.29) is 0 Å². The van der Waals surface area contributed by atoms with Gasteiger partial charge in [-0.3, -0.25) is 0 Å². The number of hydrogen-bond acceptors (Lipinski definition) is 4. The summed E-state index contributed by atoms with van der Waals surface area (Å²) in [5, 5.41) is 7.84. The summed E-state index contributed by atoms with van der Waals surface area (Å²) in [4.78, 5) is 4.42. The lowest BCUT2D eigenvalue weighted by Crippen LogP contribution is -2.26. The lowest BCUT2D eigenvalue weighted by molar-refractivity contribution is 0.683. The predicted molar refractivity (Wildman–Crippen MR) is 75.3 cm³/mol. The van der Waals surface area contributed by atoms with Gasteiger partial charge in [0.05, 0.1) is 5.69 Å². The van der Waals surface area contributed by atoms with Crippen LogP contribution in [0.5, 0.6) is 0 Å². The normalized spacial score (nSPS) is 19.7. The van der Waals surface area contributed by atoms with E-state index in [4.69, 9.17) is 0 Å². The van der Waals surface area contributed by atoms with E-state index in [1.165, 1.54) is 24.3 Å². The molecule has 1 atom stereocenters. The zero-order chi connectivity index (χ0) is 12.2. The van der Waals surface area contributed by atoms with Crippen molar-refractivity contribution in [2.75, 3.05) is 16.8 Å². The molecule has 0 aliphatic carbocycles. The molecule has 18 heavy (non-hydrogen) atoms. The summed E-state index contributed by atoms with van der Waals surface area (Å²) in [7, 11) is 0. The Morgan fingerprint density at radius 3 is 3.11 bits per heavy atom. The maximum absolute atomic E-state index is 4.42. The molecule has 94 valence electrons. The molecule has 3 rings (SSSR count). The molecule has 1 saturated heterocycles. The summed E-state index contributed by atoms with van der Waals surface area (Å²) in [5.41, 5.74) is 1.06. The molecule has 0 bridgehead atoms. The van der Waals surface area contributed by atoms with Crippen LogP contribution in [0.15, 0.2) is 36.8 Å². The summed E-state index contributed by atoms with van der Waals surface area (Å²) in [6.07, 6.45) is 8.02. The first kappa shape index (κ1) is 11.6. The fourth-order valence-corrected chi connectivity index (χ4v) is 3.23. The Balaban J connectivity index is 1.83. The Bertz CT molecular complexity index is 491. The van der Waals surface area contributed by atoms with E-state index in [0.29, 0.717) is 6.04 Å². The van der Waals surface area contributed by atoms with E-state index in [9.17, 15) is 0 Å². The fourth-order valence-electron chi connectivity index (χ4n) is 2.16. The molecule has 0 aromatic carbocycles. The maximum atomic E-state index is 4.42. The highest BCUT2D eigenvalue weighted by molar-refractivity contribution is 7.99. The molecule has 1 N–H and O–H groups in total. The summed E-state index contributed by atoms with van der Waals surface area (Å²) < 4.78 is 1.80. The molecule has 4 nitrogen and oxygen atoms in total. The molecule has 0 spiro atoms. The molecule has 0 amide bonds. The van der Waals surface area contributed by atoms with Crippen molar-refractivity contribution in [3.05, 3.63) is 36.8 Å². The van der Waals surface area contributed by atoms with E-state index in [1.807, 2.05) is 30.1 Å². The zero-order valence-corrected chi connectivity index (χ0v) is 10.9. The number of nitrogens with one attached hydrogen (secondary N) is 1. The van der Waals surface area contributed by atoms with Crippen LogP contribution < -0.4 is 5.32 Å².